The van der Waals surface area contributed by atoms with Gasteiger partial charge in [0.2, 0.25) is 11.5 Å². The van der Waals surface area contributed by atoms with Gasteiger partial charge in [-0.2, -0.15) is 26.3 Å². The first kappa shape index (κ1) is 29.6. The van der Waals surface area contributed by atoms with Crippen molar-refractivity contribution in [2.75, 3.05) is 5.73 Å². The van der Waals surface area contributed by atoms with Crippen LogP contribution in [0.1, 0.15) is 75.5 Å². The maximum Gasteiger partial charge on any atom is 0.426 e. The van der Waals surface area contributed by atoms with Gasteiger partial charge in [0.1, 0.15) is 11.7 Å². The van der Waals surface area contributed by atoms with Crippen molar-refractivity contribution in [2.45, 2.75) is 88.8 Å². The first-order chi connectivity index (χ1) is 18.5. The van der Waals surface area contributed by atoms with Crippen LogP contribution in [0.2, 0.25) is 0 Å². The minimum absolute atomic E-state index is 0.0700. The van der Waals surface area contributed by atoms with Gasteiger partial charge in [0.25, 0.3) is 11.8 Å². The highest BCUT2D eigenvalue weighted by atomic mass is 19.4. The van der Waals surface area contributed by atoms with E-state index in [1.165, 1.54) is 0 Å². The van der Waals surface area contributed by atoms with Crippen LogP contribution in [-0.4, -0.2) is 32.6 Å². The molecule has 4 rings (SSSR count). The van der Waals surface area contributed by atoms with Crippen molar-refractivity contribution in [1.82, 2.24) is 15.2 Å². The number of hydrogen-bond acceptors (Lipinski definition) is 7. The van der Waals surface area contributed by atoms with E-state index >= 15 is 0 Å². The SMILES string of the molecule is CC(C)(C)c1cccc(CC2CCCCC[C@](O)(C(F)(F)F)c3nnc(o3)-c3nc(c(C(F)(F)F)cc3N)O2)c1. The quantitative estimate of drug-likeness (QED) is 0.328. The summed E-state index contributed by atoms with van der Waals surface area (Å²) < 4.78 is 94.7. The van der Waals surface area contributed by atoms with Gasteiger partial charge in [-0.25, -0.2) is 4.98 Å². The van der Waals surface area contributed by atoms with E-state index in [4.69, 9.17) is 14.9 Å². The van der Waals surface area contributed by atoms with E-state index < -0.39 is 65.1 Å². The molecule has 218 valence electrons. The predicted octanol–water partition coefficient (Wildman–Crippen LogP) is 6.73. The number of nitrogens with zero attached hydrogens (tertiary/aromatic N) is 3. The number of alkyl halides is 6. The van der Waals surface area contributed by atoms with Gasteiger partial charge in [-0.3, -0.25) is 0 Å². The van der Waals surface area contributed by atoms with Crippen LogP contribution >= 0.6 is 0 Å². The Bertz CT molecular complexity index is 1350. The molecular formula is C27H30F6N4O3. The number of aromatic nitrogens is 3. The highest BCUT2D eigenvalue weighted by molar-refractivity contribution is 5.68. The molecule has 1 aliphatic rings. The highest BCUT2D eigenvalue weighted by Gasteiger charge is 2.58. The minimum Gasteiger partial charge on any atom is -0.474 e. The van der Waals surface area contributed by atoms with E-state index in [1.807, 2.05) is 45.0 Å². The molecule has 0 spiro atoms. The van der Waals surface area contributed by atoms with Crippen molar-refractivity contribution in [3.63, 3.8) is 0 Å². The average Bonchev–Trinajstić information content (AvgIpc) is 3.33. The zero-order valence-corrected chi connectivity index (χ0v) is 22.2. The molecule has 0 saturated carbocycles. The highest BCUT2D eigenvalue weighted by Crippen LogP contribution is 2.44. The van der Waals surface area contributed by atoms with Crippen LogP contribution < -0.4 is 10.5 Å². The molecule has 1 aliphatic heterocycles. The summed E-state index contributed by atoms with van der Waals surface area (Å²) in [5, 5.41) is 17.4. The molecule has 3 N–H and O–H groups in total. The van der Waals surface area contributed by atoms with Crippen LogP contribution in [0, 0.1) is 0 Å². The van der Waals surface area contributed by atoms with Gasteiger partial charge in [0.15, 0.2) is 5.69 Å². The Labute approximate surface area is 226 Å². The van der Waals surface area contributed by atoms with Crippen molar-refractivity contribution in [3.05, 3.63) is 52.9 Å². The molecule has 0 amide bonds. The summed E-state index contributed by atoms with van der Waals surface area (Å²) in [5.74, 6) is -2.64. The summed E-state index contributed by atoms with van der Waals surface area (Å²) in [6.07, 6.45) is -10.7. The molecule has 40 heavy (non-hydrogen) atoms. The Kier molecular flexibility index (Phi) is 7.83. The van der Waals surface area contributed by atoms with Gasteiger partial charge >= 0.3 is 12.4 Å². The van der Waals surface area contributed by atoms with Crippen LogP contribution in [-0.2, 0) is 23.6 Å². The predicted molar refractivity (Wildman–Crippen MR) is 133 cm³/mol. The maximum absolute atomic E-state index is 14.0. The first-order valence-electron chi connectivity index (χ1n) is 12.8. The minimum atomic E-state index is -5.15. The summed E-state index contributed by atoms with van der Waals surface area (Å²) >= 11 is 0. The third kappa shape index (κ3) is 6.18. The number of rotatable bonds is 2. The van der Waals surface area contributed by atoms with Gasteiger partial charge in [-0.15, -0.1) is 10.2 Å². The third-order valence-electron chi connectivity index (χ3n) is 6.87. The number of benzene rings is 1. The number of aliphatic hydroxyl groups is 1. The molecule has 1 aromatic carbocycles. The molecule has 3 heterocycles. The van der Waals surface area contributed by atoms with E-state index in [1.54, 1.807) is 0 Å². The van der Waals surface area contributed by atoms with Crippen molar-refractivity contribution in [1.29, 1.82) is 0 Å². The Morgan fingerprint density at radius 3 is 2.40 bits per heavy atom. The van der Waals surface area contributed by atoms with Crippen LogP contribution in [0.5, 0.6) is 5.88 Å². The molecule has 1 unspecified atom stereocenters. The van der Waals surface area contributed by atoms with Crippen LogP contribution in [0.4, 0.5) is 32.0 Å². The van der Waals surface area contributed by atoms with Crippen molar-refractivity contribution < 1.29 is 40.6 Å². The van der Waals surface area contributed by atoms with E-state index in [9.17, 15) is 31.4 Å². The molecule has 0 fully saturated rings. The van der Waals surface area contributed by atoms with Crippen molar-refractivity contribution in [2.24, 2.45) is 0 Å². The molecule has 2 aromatic heterocycles. The topological polar surface area (TPSA) is 107 Å². The van der Waals surface area contributed by atoms with Crippen LogP contribution in [0.25, 0.3) is 11.6 Å². The summed E-state index contributed by atoms with van der Waals surface area (Å²) in [5.41, 5.74) is 1.72. The van der Waals surface area contributed by atoms with Gasteiger partial charge < -0.3 is 20.0 Å². The lowest BCUT2D eigenvalue weighted by molar-refractivity contribution is -0.277. The second-order valence-electron chi connectivity index (χ2n) is 11.0. The number of nitrogens with two attached hydrogens (primary N) is 1. The Hall–Kier alpha value is -3.35. The molecule has 4 bridgehead atoms. The number of pyridine rings is 1. The molecule has 0 saturated heterocycles. The number of fused-ring (bicyclic) bond motifs is 5. The second-order valence-corrected chi connectivity index (χ2v) is 11.0. The standard InChI is InChI=1S/C27H30F6N4O3/c1-24(2,3)16-9-7-8-15(12-16)13-17-10-5-4-6-11-25(38,27(31,32)33)23-37-36-22(40-23)20-19(34)14-18(26(28,29)30)21(35-20)39-17/h7-9,12,14,17,38H,4-6,10-11,13,34H2,1-3H3/t17?,25-/m1/s1. The fourth-order valence-electron chi connectivity index (χ4n) is 4.55. The summed E-state index contributed by atoms with van der Waals surface area (Å²) in [6, 6.07) is 8.16. The van der Waals surface area contributed by atoms with Crippen molar-refractivity contribution in [3.8, 4) is 17.5 Å². The number of nitrogen functional groups attached to an aromatic ring is 1. The zero-order chi connectivity index (χ0) is 29.5. The normalized spacial score (nSPS) is 21.0. The lowest BCUT2D eigenvalue weighted by atomic mass is 9.85. The fraction of sp³-hybridized carbons (Fsp3) is 0.519. The van der Waals surface area contributed by atoms with Gasteiger partial charge in [-0.1, -0.05) is 51.5 Å². The molecule has 0 radical (unpaired) electrons. The largest absolute Gasteiger partial charge is 0.474 e. The lowest BCUT2D eigenvalue weighted by Crippen LogP contribution is -2.42. The van der Waals surface area contributed by atoms with Crippen LogP contribution in [0.15, 0.2) is 34.7 Å². The summed E-state index contributed by atoms with van der Waals surface area (Å²) in [7, 11) is 0. The molecule has 7 nitrogen and oxygen atoms in total. The van der Waals surface area contributed by atoms with Gasteiger partial charge in [0.05, 0.1) is 5.69 Å². The molecular weight excluding hydrogens is 542 g/mol. The van der Waals surface area contributed by atoms with E-state index in [0.717, 1.165) is 11.1 Å². The second kappa shape index (κ2) is 10.6. The van der Waals surface area contributed by atoms with E-state index in [-0.39, 0.29) is 31.1 Å². The Morgan fingerprint density at radius 2 is 1.75 bits per heavy atom. The van der Waals surface area contributed by atoms with Gasteiger partial charge in [-0.05, 0) is 48.3 Å². The van der Waals surface area contributed by atoms with Crippen LogP contribution in [0.3, 0.4) is 0 Å². The monoisotopic (exact) mass is 572 g/mol. The zero-order valence-electron chi connectivity index (χ0n) is 22.2. The fourth-order valence-corrected chi connectivity index (χ4v) is 4.55. The lowest BCUT2D eigenvalue weighted by Gasteiger charge is -2.27. The molecule has 13 heteroatoms. The number of hydrogen-bond donors (Lipinski definition) is 2. The van der Waals surface area contributed by atoms with Crippen molar-refractivity contribution >= 4 is 5.69 Å². The van der Waals surface area contributed by atoms with E-state index in [0.29, 0.717) is 12.5 Å². The third-order valence-corrected chi connectivity index (χ3v) is 6.87. The number of halogens is 6. The van der Waals surface area contributed by atoms with Gasteiger partial charge in [0, 0.05) is 6.42 Å². The molecule has 2 atom stereocenters. The molecule has 3 aromatic rings. The van der Waals surface area contributed by atoms with E-state index in [2.05, 4.69) is 15.2 Å². The summed E-state index contributed by atoms with van der Waals surface area (Å²) in [4.78, 5) is 3.90. The Morgan fingerprint density at radius 1 is 1.02 bits per heavy atom. The number of ether oxygens (including phenoxy) is 1. The summed E-state index contributed by atoms with van der Waals surface area (Å²) in [6.45, 7) is 6.10. The Balaban J connectivity index is 1.80. The smallest absolute Gasteiger partial charge is 0.426 e. The number of anilines is 1. The molecule has 0 aliphatic carbocycles. The maximum atomic E-state index is 14.0. The first-order valence-corrected chi connectivity index (χ1v) is 12.8. The average molecular weight is 573 g/mol.